The Morgan fingerprint density at radius 3 is 1.76 bits per heavy atom. The molecule has 6 nitrogen and oxygen atoms in total. The molecular formula is C32H50N4O2. The van der Waals surface area contributed by atoms with Crippen LogP contribution in [-0.4, -0.2) is 74.0 Å². The van der Waals surface area contributed by atoms with Crippen LogP contribution in [0.1, 0.15) is 111 Å². The largest absolute Gasteiger partial charge is 0.359 e. The second kappa shape index (κ2) is 13.0. The maximum absolute atomic E-state index is 13.0. The number of likely N-dealkylation sites (tertiary alicyclic amines) is 2. The maximum Gasteiger partial charge on any atom is 0.224 e. The summed E-state index contributed by atoms with van der Waals surface area (Å²) < 4.78 is 0. The van der Waals surface area contributed by atoms with E-state index in [1.165, 1.54) is 114 Å². The van der Waals surface area contributed by atoms with E-state index in [1.807, 2.05) is 0 Å². The van der Waals surface area contributed by atoms with Gasteiger partial charge >= 0.3 is 0 Å². The fourth-order valence-corrected chi connectivity index (χ4v) is 8.32. The Morgan fingerprint density at radius 1 is 0.684 bits per heavy atom. The fraction of sp³-hybridized carbons (Fsp3) is 0.750. The molecule has 0 bridgehead atoms. The molecule has 1 aromatic carbocycles. The van der Waals surface area contributed by atoms with Crippen LogP contribution in [0.5, 0.6) is 0 Å². The molecule has 2 amide bonds. The normalized spacial score (nSPS) is 28.9. The average molecular weight is 523 g/mol. The highest BCUT2D eigenvalue weighted by atomic mass is 16.2. The van der Waals surface area contributed by atoms with Crippen molar-refractivity contribution < 1.29 is 9.59 Å². The lowest BCUT2D eigenvalue weighted by atomic mass is 9.69. The number of carbonyl (C=O) groups excluding carboxylic acids is 2. The number of carbonyl (C=O) groups is 2. The number of amides is 2. The highest BCUT2D eigenvalue weighted by Crippen LogP contribution is 2.47. The third-order valence-corrected chi connectivity index (χ3v) is 10.2. The molecule has 5 rings (SSSR count). The molecule has 2 heterocycles. The molecule has 2 unspecified atom stereocenters. The highest BCUT2D eigenvalue weighted by Gasteiger charge is 2.40. The molecule has 2 saturated heterocycles. The van der Waals surface area contributed by atoms with Gasteiger partial charge in [-0.15, -0.1) is 0 Å². The molecule has 2 aliphatic carbocycles. The van der Waals surface area contributed by atoms with Crippen LogP contribution in [0.25, 0.3) is 0 Å². The second-order valence-corrected chi connectivity index (χ2v) is 12.3. The zero-order valence-corrected chi connectivity index (χ0v) is 23.9. The number of hydrogen-bond acceptors (Lipinski definition) is 4. The van der Waals surface area contributed by atoms with Crippen molar-refractivity contribution in [3.63, 3.8) is 0 Å². The first-order valence-electron chi connectivity index (χ1n) is 15.6. The summed E-state index contributed by atoms with van der Waals surface area (Å²) in [5.41, 5.74) is 5.18. The summed E-state index contributed by atoms with van der Waals surface area (Å²) in [6.07, 6.45) is 16.1. The summed E-state index contributed by atoms with van der Waals surface area (Å²) in [5, 5.41) is 5.73. The first-order chi connectivity index (χ1) is 18.6. The van der Waals surface area contributed by atoms with Crippen molar-refractivity contribution in [1.82, 2.24) is 20.4 Å². The first kappa shape index (κ1) is 27.6. The Hall–Kier alpha value is -1.92. The van der Waals surface area contributed by atoms with Gasteiger partial charge in [0.25, 0.3) is 0 Å². The van der Waals surface area contributed by atoms with E-state index in [0.29, 0.717) is 36.8 Å². The standard InChI is InChI=1S/C32H50N4O2/c1-33-30(37)21-23-15-16-25(24-11-3-5-13-28(24)35-17-7-8-18-35)32(27(23)22-31(38)34-2)26-12-4-6-14-29(26)36-19-9-10-20-36/h15-16,24,26,28-29H,3-14,17-22H2,1-2H3,(H,33,37)(H,34,38)/t24?,26-,28?,29-/m1/s1. The second-order valence-electron chi connectivity index (χ2n) is 12.3. The number of benzene rings is 1. The first-order valence-corrected chi connectivity index (χ1v) is 15.6. The molecule has 210 valence electrons. The summed E-state index contributed by atoms with van der Waals surface area (Å²) >= 11 is 0. The average Bonchev–Trinajstić information content (AvgIpc) is 3.69. The Bertz CT molecular complexity index is 966. The van der Waals surface area contributed by atoms with E-state index in [0.717, 1.165) is 11.1 Å². The van der Waals surface area contributed by atoms with E-state index in [1.54, 1.807) is 14.1 Å². The Labute approximate surface area is 230 Å². The van der Waals surface area contributed by atoms with E-state index in [-0.39, 0.29) is 11.8 Å². The number of nitrogens with zero attached hydrogens (tertiary/aromatic N) is 2. The van der Waals surface area contributed by atoms with Gasteiger partial charge in [0.05, 0.1) is 12.8 Å². The lowest BCUT2D eigenvalue weighted by Crippen LogP contribution is -2.42. The molecule has 0 aromatic heterocycles. The molecule has 4 aliphatic rings. The van der Waals surface area contributed by atoms with E-state index < -0.39 is 0 Å². The summed E-state index contributed by atoms with van der Waals surface area (Å²) in [5.74, 6) is 1.04. The molecule has 0 spiro atoms. The number of nitrogens with one attached hydrogen (secondary N) is 2. The van der Waals surface area contributed by atoms with Crippen LogP contribution in [-0.2, 0) is 22.4 Å². The number of rotatable bonds is 8. The predicted octanol–water partition coefficient (Wildman–Crippen LogP) is 4.51. The van der Waals surface area contributed by atoms with Crippen molar-refractivity contribution in [1.29, 1.82) is 0 Å². The minimum absolute atomic E-state index is 0.0224. The van der Waals surface area contributed by atoms with Crippen LogP contribution < -0.4 is 10.6 Å². The van der Waals surface area contributed by atoms with Crippen LogP contribution >= 0.6 is 0 Å². The zero-order chi connectivity index (χ0) is 26.5. The van der Waals surface area contributed by atoms with E-state index in [2.05, 4.69) is 32.6 Å². The van der Waals surface area contributed by atoms with Crippen molar-refractivity contribution >= 4 is 11.8 Å². The third-order valence-electron chi connectivity index (χ3n) is 10.2. The molecule has 6 heteroatoms. The molecule has 38 heavy (non-hydrogen) atoms. The monoisotopic (exact) mass is 522 g/mol. The zero-order valence-electron chi connectivity index (χ0n) is 23.9. The van der Waals surface area contributed by atoms with Gasteiger partial charge in [0.2, 0.25) is 11.8 Å². The highest BCUT2D eigenvalue weighted by molar-refractivity contribution is 5.82. The van der Waals surface area contributed by atoms with E-state index in [4.69, 9.17) is 0 Å². The Morgan fingerprint density at radius 2 is 1.18 bits per heavy atom. The van der Waals surface area contributed by atoms with Crippen molar-refractivity contribution in [3.8, 4) is 0 Å². The SMILES string of the molecule is CNC(=O)Cc1ccc(C2CCCCC2N2CCCC2)c([C@@H]2CCCC[C@H]2N2CCCC2)c1CC(=O)NC. The van der Waals surface area contributed by atoms with Crippen molar-refractivity contribution in [2.45, 2.75) is 114 Å². The van der Waals surface area contributed by atoms with Gasteiger partial charge in [-0.3, -0.25) is 19.4 Å². The van der Waals surface area contributed by atoms with Gasteiger partial charge < -0.3 is 10.6 Å². The summed E-state index contributed by atoms with van der Waals surface area (Å²) in [7, 11) is 3.45. The number of likely N-dealkylation sites (N-methyl/N-ethyl adjacent to an activating group) is 2. The lowest BCUT2D eigenvalue weighted by molar-refractivity contribution is -0.121. The van der Waals surface area contributed by atoms with Crippen LogP contribution in [0.4, 0.5) is 0 Å². The Kier molecular flexibility index (Phi) is 9.42. The van der Waals surface area contributed by atoms with Crippen LogP contribution in [0.3, 0.4) is 0 Å². The van der Waals surface area contributed by atoms with Crippen molar-refractivity contribution in [2.75, 3.05) is 40.3 Å². The quantitative estimate of drug-likeness (QED) is 0.527. The summed E-state index contributed by atoms with van der Waals surface area (Å²) in [4.78, 5) is 31.2. The topological polar surface area (TPSA) is 64.7 Å². The molecule has 4 fully saturated rings. The van der Waals surface area contributed by atoms with Gasteiger partial charge in [0.1, 0.15) is 0 Å². The van der Waals surface area contributed by atoms with Gasteiger partial charge in [-0.1, -0.05) is 37.8 Å². The summed E-state index contributed by atoms with van der Waals surface area (Å²) in [6.45, 7) is 4.88. The molecule has 4 atom stereocenters. The molecular weight excluding hydrogens is 472 g/mol. The van der Waals surface area contributed by atoms with Gasteiger partial charge in [-0.25, -0.2) is 0 Å². The predicted molar refractivity (Wildman–Crippen MR) is 154 cm³/mol. The minimum atomic E-state index is 0.0224. The molecule has 2 N–H and O–H groups in total. The van der Waals surface area contributed by atoms with Gasteiger partial charge in [0, 0.05) is 32.1 Å². The van der Waals surface area contributed by atoms with Crippen LogP contribution in [0, 0.1) is 0 Å². The third kappa shape index (κ3) is 5.96. The molecule has 1 aromatic rings. The minimum Gasteiger partial charge on any atom is -0.359 e. The molecule has 0 radical (unpaired) electrons. The number of hydrogen-bond donors (Lipinski definition) is 2. The van der Waals surface area contributed by atoms with Gasteiger partial charge in [0.15, 0.2) is 0 Å². The smallest absolute Gasteiger partial charge is 0.224 e. The van der Waals surface area contributed by atoms with E-state index in [9.17, 15) is 9.59 Å². The van der Waals surface area contributed by atoms with Crippen LogP contribution in [0.2, 0.25) is 0 Å². The van der Waals surface area contributed by atoms with Gasteiger partial charge in [-0.05, 0) is 106 Å². The fourth-order valence-electron chi connectivity index (χ4n) is 8.32. The molecule has 2 saturated carbocycles. The molecule has 2 aliphatic heterocycles. The van der Waals surface area contributed by atoms with Crippen molar-refractivity contribution in [3.05, 3.63) is 34.4 Å². The lowest BCUT2D eigenvalue weighted by Gasteiger charge is -2.44. The summed E-state index contributed by atoms with van der Waals surface area (Å²) in [6, 6.07) is 5.76. The van der Waals surface area contributed by atoms with Crippen molar-refractivity contribution in [2.24, 2.45) is 0 Å². The van der Waals surface area contributed by atoms with E-state index >= 15 is 0 Å². The van der Waals surface area contributed by atoms with Crippen LogP contribution in [0.15, 0.2) is 12.1 Å². The Balaban J connectivity index is 1.64. The maximum atomic E-state index is 13.0. The van der Waals surface area contributed by atoms with Gasteiger partial charge in [-0.2, -0.15) is 0 Å².